The van der Waals surface area contributed by atoms with Crippen molar-refractivity contribution >= 4 is 31.5 Å². The van der Waals surface area contributed by atoms with Crippen LogP contribution in [0.5, 0.6) is 0 Å². The van der Waals surface area contributed by atoms with E-state index in [1.165, 1.54) is 52.8 Å². The van der Waals surface area contributed by atoms with Crippen molar-refractivity contribution in [3.63, 3.8) is 0 Å². The van der Waals surface area contributed by atoms with Gasteiger partial charge in [0, 0.05) is 30.6 Å². The number of rotatable bonds is 5. The van der Waals surface area contributed by atoms with Gasteiger partial charge in [-0.25, -0.2) is 16.8 Å². The van der Waals surface area contributed by atoms with E-state index < -0.39 is 25.8 Å². The summed E-state index contributed by atoms with van der Waals surface area (Å²) < 4.78 is 55.8. The first-order valence-corrected chi connectivity index (χ1v) is 12.7. The Kier molecular flexibility index (Phi) is 6.32. The molecule has 0 radical (unpaired) electrons. The zero-order chi connectivity index (χ0) is 22.1. The van der Waals surface area contributed by atoms with Crippen LogP contribution in [0.3, 0.4) is 0 Å². The lowest BCUT2D eigenvalue weighted by atomic mass is 10.2. The van der Waals surface area contributed by atoms with Crippen LogP contribution in [-0.2, 0) is 24.6 Å². The number of nitrogens with one attached hydrogen (secondary N) is 1. The number of benzene rings is 2. The molecular weight excluding hydrogens is 428 g/mol. The predicted octanol–water partition coefficient (Wildman–Crippen LogP) is 2.14. The molecule has 0 saturated carbocycles. The highest BCUT2D eigenvalue weighted by Gasteiger charge is 2.32. The first kappa shape index (κ1) is 22.4. The van der Waals surface area contributed by atoms with E-state index in [1.54, 1.807) is 0 Å². The number of carbonyl (C=O) groups is 1. The molecule has 0 aromatic heterocycles. The Morgan fingerprint density at radius 1 is 0.900 bits per heavy atom. The highest BCUT2D eigenvalue weighted by atomic mass is 32.2. The fourth-order valence-electron chi connectivity index (χ4n) is 3.24. The van der Waals surface area contributed by atoms with Gasteiger partial charge in [0.1, 0.15) is 0 Å². The number of hydrogen-bond acceptors (Lipinski definition) is 6. The van der Waals surface area contributed by atoms with Crippen LogP contribution in [0.4, 0.5) is 5.69 Å². The number of anilines is 1. The third-order valence-electron chi connectivity index (χ3n) is 4.68. The van der Waals surface area contributed by atoms with Crippen LogP contribution in [-0.4, -0.2) is 58.6 Å². The second kappa shape index (κ2) is 8.46. The molecule has 2 atom stereocenters. The molecule has 2 unspecified atom stereocenters. The van der Waals surface area contributed by atoms with Crippen molar-refractivity contribution in [2.45, 2.75) is 35.8 Å². The van der Waals surface area contributed by atoms with E-state index in [-0.39, 0.29) is 40.7 Å². The van der Waals surface area contributed by atoms with Crippen LogP contribution < -0.4 is 5.32 Å². The number of ether oxygens (including phenoxy) is 1. The minimum atomic E-state index is -3.68. The second-order valence-electron chi connectivity index (χ2n) is 7.35. The molecule has 1 amide bonds. The van der Waals surface area contributed by atoms with Crippen molar-refractivity contribution in [2.24, 2.45) is 0 Å². The lowest BCUT2D eigenvalue weighted by molar-refractivity contribution is -0.0440. The summed E-state index contributed by atoms with van der Waals surface area (Å²) in [5, 5.41) is 2.66. The first-order chi connectivity index (χ1) is 14.0. The average molecular weight is 453 g/mol. The molecular formula is C20H24N2O6S2. The highest BCUT2D eigenvalue weighted by Crippen LogP contribution is 2.22. The maximum Gasteiger partial charge on any atom is 0.255 e. The summed E-state index contributed by atoms with van der Waals surface area (Å²) in [5.74, 6) is -0.431. The van der Waals surface area contributed by atoms with Crippen LogP contribution >= 0.6 is 0 Å². The molecule has 1 N–H and O–H groups in total. The maximum absolute atomic E-state index is 12.9. The topological polar surface area (TPSA) is 110 Å². The SMILES string of the molecule is CC1CN(S(=O)(=O)c2ccc(C(=O)Nc3ccc(S(C)(=O)=O)cc3)cc2)CC(C)O1. The molecule has 1 aliphatic heterocycles. The third kappa shape index (κ3) is 5.07. The summed E-state index contributed by atoms with van der Waals surface area (Å²) >= 11 is 0. The number of hydrogen-bond donors (Lipinski definition) is 1. The van der Waals surface area contributed by atoms with Crippen molar-refractivity contribution in [3.05, 3.63) is 54.1 Å². The minimum absolute atomic E-state index is 0.109. The van der Waals surface area contributed by atoms with Crippen molar-refractivity contribution in [3.8, 4) is 0 Å². The average Bonchev–Trinajstić information content (AvgIpc) is 2.67. The molecule has 0 bridgehead atoms. The van der Waals surface area contributed by atoms with Gasteiger partial charge < -0.3 is 10.1 Å². The monoisotopic (exact) mass is 452 g/mol. The molecule has 2 aromatic rings. The molecule has 30 heavy (non-hydrogen) atoms. The molecule has 1 fully saturated rings. The zero-order valence-electron chi connectivity index (χ0n) is 16.9. The number of sulfone groups is 1. The van der Waals surface area contributed by atoms with Gasteiger partial charge in [-0.15, -0.1) is 0 Å². The molecule has 8 nitrogen and oxygen atoms in total. The molecule has 162 valence electrons. The molecule has 3 rings (SSSR count). The first-order valence-electron chi connectivity index (χ1n) is 9.34. The van der Waals surface area contributed by atoms with Crippen LogP contribution in [0.1, 0.15) is 24.2 Å². The predicted molar refractivity (Wildman–Crippen MR) is 113 cm³/mol. The van der Waals surface area contributed by atoms with Gasteiger partial charge in [-0.1, -0.05) is 0 Å². The van der Waals surface area contributed by atoms with Crippen molar-refractivity contribution < 1.29 is 26.4 Å². The molecule has 0 aliphatic carbocycles. The fraction of sp³-hybridized carbons (Fsp3) is 0.350. The van der Waals surface area contributed by atoms with E-state index in [0.717, 1.165) is 6.26 Å². The van der Waals surface area contributed by atoms with Gasteiger partial charge >= 0.3 is 0 Å². The normalized spacial score (nSPS) is 20.6. The van der Waals surface area contributed by atoms with Crippen molar-refractivity contribution in [1.82, 2.24) is 4.31 Å². The summed E-state index contributed by atoms with van der Waals surface area (Å²) in [6.45, 7) is 4.21. The molecule has 1 saturated heterocycles. The van der Waals surface area contributed by atoms with E-state index in [2.05, 4.69) is 5.32 Å². The van der Waals surface area contributed by atoms with Gasteiger partial charge in [0.15, 0.2) is 9.84 Å². The summed E-state index contributed by atoms with van der Waals surface area (Å²) in [5.41, 5.74) is 0.713. The largest absolute Gasteiger partial charge is 0.373 e. The van der Waals surface area contributed by atoms with Gasteiger partial charge in [-0.05, 0) is 62.4 Å². The molecule has 2 aromatic carbocycles. The molecule has 1 heterocycles. The second-order valence-corrected chi connectivity index (χ2v) is 11.3. The lowest BCUT2D eigenvalue weighted by Gasteiger charge is -2.34. The third-order valence-corrected chi connectivity index (χ3v) is 7.66. The summed E-state index contributed by atoms with van der Waals surface area (Å²) in [7, 11) is -7.00. The van der Waals surface area contributed by atoms with Gasteiger partial charge in [0.05, 0.1) is 22.0 Å². The Morgan fingerprint density at radius 3 is 1.90 bits per heavy atom. The summed E-state index contributed by atoms with van der Waals surface area (Å²) in [6.07, 6.45) is 0.722. The lowest BCUT2D eigenvalue weighted by Crippen LogP contribution is -2.48. The van der Waals surface area contributed by atoms with Gasteiger partial charge in [-0.3, -0.25) is 4.79 Å². The fourth-order valence-corrected chi connectivity index (χ4v) is 5.46. The van der Waals surface area contributed by atoms with Gasteiger partial charge in [0.25, 0.3) is 5.91 Å². The Hall–Kier alpha value is -2.27. The number of morpholine rings is 1. The molecule has 1 aliphatic rings. The van der Waals surface area contributed by atoms with E-state index in [0.29, 0.717) is 5.69 Å². The minimum Gasteiger partial charge on any atom is -0.373 e. The van der Waals surface area contributed by atoms with Gasteiger partial charge in [0.2, 0.25) is 10.0 Å². The number of sulfonamides is 1. The highest BCUT2D eigenvalue weighted by molar-refractivity contribution is 7.90. The van der Waals surface area contributed by atoms with E-state index in [4.69, 9.17) is 4.74 Å². The van der Waals surface area contributed by atoms with E-state index >= 15 is 0 Å². The Balaban J connectivity index is 1.72. The quantitative estimate of drug-likeness (QED) is 0.744. The summed E-state index contributed by atoms with van der Waals surface area (Å²) in [4.78, 5) is 12.7. The number of carbonyl (C=O) groups excluding carboxylic acids is 1. The molecule has 10 heteroatoms. The number of nitrogens with zero attached hydrogens (tertiary/aromatic N) is 1. The van der Waals surface area contributed by atoms with Crippen molar-refractivity contribution in [2.75, 3.05) is 24.7 Å². The van der Waals surface area contributed by atoms with E-state index in [1.807, 2.05) is 13.8 Å². The van der Waals surface area contributed by atoms with Crippen LogP contribution in [0.25, 0.3) is 0 Å². The van der Waals surface area contributed by atoms with E-state index in [9.17, 15) is 21.6 Å². The van der Waals surface area contributed by atoms with Crippen molar-refractivity contribution in [1.29, 1.82) is 0 Å². The summed E-state index contributed by atoms with van der Waals surface area (Å²) in [6, 6.07) is 11.5. The van der Waals surface area contributed by atoms with Crippen LogP contribution in [0.15, 0.2) is 58.3 Å². The zero-order valence-corrected chi connectivity index (χ0v) is 18.5. The standard InChI is InChI=1S/C20H24N2O6S2/c1-14-12-22(13-15(2)28-14)30(26,27)19-8-4-16(5-9-19)20(23)21-17-6-10-18(11-7-17)29(3,24)25/h4-11,14-15H,12-13H2,1-3H3,(H,21,23). The Labute approximate surface area is 176 Å². The van der Waals surface area contributed by atoms with Gasteiger partial charge in [-0.2, -0.15) is 4.31 Å². The van der Waals surface area contributed by atoms with Crippen LogP contribution in [0, 0.1) is 0 Å². The smallest absolute Gasteiger partial charge is 0.255 e. The molecule has 0 spiro atoms. The maximum atomic E-state index is 12.9. The Morgan fingerprint density at radius 2 is 1.40 bits per heavy atom. The number of amides is 1. The van der Waals surface area contributed by atoms with Crippen LogP contribution in [0.2, 0.25) is 0 Å². The Bertz CT molecular complexity index is 1120.